The van der Waals surface area contributed by atoms with Crippen molar-refractivity contribution in [2.24, 2.45) is 0 Å². The van der Waals surface area contributed by atoms with Gasteiger partial charge in [-0.05, 0) is 25.0 Å². The summed E-state index contributed by atoms with van der Waals surface area (Å²) in [7, 11) is 0.750. The van der Waals surface area contributed by atoms with Gasteiger partial charge < -0.3 is 35.3 Å². The van der Waals surface area contributed by atoms with Crippen LogP contribution in [0, 0.1) is 19.9 Å². The SMILES string of the molecule is CC1=CC[C-]=C1.C[SiH]C.Cc1cccc(C)c1C([NH-])=O.[Cl-].[Cl-].[Zr+4]. The second kappa shape index (κ2) is 18.2. The van der Waals surface area contributed by atoms with Crippen molar-refractivity contribution in [2.45, 2.75) is 40.3 Å². The van der Waals surface area contributed by atoms with Gasteiger partial charge in [0.25, 0.3) is 0 Å². The van der Waals surface area contributed by atoms with E-state index in [0.717, 1.165) is 27.1 Å². The molecule has 6 heteroatoms. The first-order valence-electron chi connectivity index (χ1n) is 6.73. The van der Waals surface area contributed by atoms with Crippen molar-refractivity contribution in [1.82, 2.24) is 0 Å². The molecule has 2 nitrogen and oxygen atoms in total. The number of rotatable bonds is 1. The van der Waals surface area contributed by atoms with Crippen molar-refractivity contribution >= 4 is 15.4 Å². The van der Waals surface area contributed by atoms with Gasteiger partial charge in [-0.25, -0.2) is 11.6 Å². The Hall–Kier alpha value is -0.150. The van der Waals surface area contributed by atoms with Crippen LogP contribution >= 0.6 is 0 Å². The number of carbonyl (C=O) groups is 1. The standard InChI is InChI=1S/C9H11NO.C6H7.C2H7Si.2ClH.Zr/c1-6-4-3-5-7(2)8(6)9(10)11;1-6-4-2-3-5-6;1-3-2;;;/h3-5H,1-2H3,(H2,10,11);4-5H,2H2,1H3;3H,1-2H3;2*1H;/q;-1;;;;+4/p-3. The summed E-state index contributed by atoms with van der Waals surface area (Å²) in [5, 5.41) is 0. The van der Waals surface area contributed by atoms with E-state index < -0.39 is 5.91 Å². The predicted molar refractivity (Wildman–Crippen MR) is 89.6 cm³/mol. The summed E-state index contributed by atoms with van der Waals surface area (Å²) in [6.45, 7) is 10.2. The summed E-state index contributed by atoms with van der Waals surface area (Å²) in [6.07, 6.45) is 8.24. The number of nitrogens with one attached hydrogen (secondary N) is 1. The summed E-state index contributed by atoms with van der Waals surface area (Å²) < 4.78 is 0. The fourth-order valence-corrected chi connectivity index (χ4v) is 1.67. The van der Waals surface area contributed by atoms with Crippen LogP contribution in [0.1, 0.15) is 34.8 Å². The van der Waals surface area contributed by atoms with E-state index in [4.69, 9.17) is 5.73 Å². The molecule has 0 atom stereocenters. The number of aryl methyl sites for hydroxylation is 2. The molecule has 1 radical (unpaired) electrons. The zero-order chi connectivity index (χ0) is 15.5. The molecule has 0 saturated carbocycles. The molecule has 1 amide bonds. The fourth-order valence-electron chi connectivity index (χ4n) is 1.67. The van der Waals surface area contributed by atoms with Crippen LogP contribution in [0.4, 0.5) is 0 Å². The molecule has 1 aromatic rings. The smallest absolute Gasteiger partial charge is 1.00 e. The van der Waals surface area contributed by atoms with Gasteiger partial charge in [-0.2, -0.15) is 6.08 Å². The second-order valence-electron chi connectivity index (χ2n) is 4.67. The van der Waals surface area contributed by atoms with Crippen LogP contribution in [-0.2, 0) is 26.2 Å². The van der Waals surface area contributed by atoms with Gasteiger partial charge in [0, 0.05) is 15.1 Å². The van der Waals surface area contributed by atoms with Gasteiger partial charge in [0.2, 0.25) is 0 Å². The summed E-state index contributed by atoms with van der Waals surface area (Å²) in [5.74, 6) is -0.597. The quantitative estimate of drug-likeness (QED) is 0.390. The second-order valence-corrected chi connectivity index (χ2v) is 5.83. The van der Waals surface area contributed by atoms with E-state index in [1.807, 2.05) is 38.1 Å². The normalized spacial score (nSPS) is 10.2. The molecule has 1 aromatic carbocycles. The molecule has 1 N–H and O–H groups in total. The molecule has 1 aliphatic rings. The maximum atomic E-state index is 10.8. The molecule has 23 heavy (non-hydrogen) atoms. The number of amides is 1. The Morgan fingerprint density at radius 3 is 1.74 bits per heavy atom. The van der Waals surface area contributed by atoms with Crippen LogP contribution in [0.2, 0.25) is 13.1 Å². The maximum Gasteiger partial charge on any atom is 4.00 e. The third kappa shape index (κ3) is 13.9. The molecule has 0 aromatic heterocycles. The van der Waals surface area contributed by atoms with Gasteiger partial charge in [0.15, 0.2) is 0 Å². The zero-order valence-corrected chi connectivity index (χ0v) is 19.5. The fraction of sp³-hybridized carbons (Fsp3) is 0.353. The van der Waals surface area contributed by atoms with Gasteiger partial charge >= 0.3 is 26.2 Å². The Kier molecular flexibility index (Phi) is 24.3. The zero-order valence-electron chi connectivity index (χ0n) is 14.3. The van der Waals surface area contributed by atoms with Crippen LogP contribution in [0.5, 0.6) is 0 Å². The van der Waals surface area contributed by atoms with Crippen molar-refractivity contribution in [3.63, 3.8) is 0 Å². The minimum Gasteiger partial charge on any atom is -1.00 e. The first-order chi connectivity index (χ1) is 9.43. The number of carbonyl (C=O) groups excluding carboxylic acids is 1. The Balaban J connectivity index is -0.000000130. The first kappa shape index (κ1) is 30.7. The van der Waals surface area contributed by atoms with Crippen molar-refractivity contribution < 1.29 is 55.8 Å². The Morgan fingerprint density at radius 1 is 1.13 bits per heavy atom. The summed E-state index contributed by atoms with van der Waals surface area (Å²) in [6, 6.07) is 5.57. The summed E-state index contributed by atoms with van der Waals surface area (Å²) >= 11 is 0. The van der Waals surface area contributed by atoms with E-state index in [9.17, 15) is 4.79 Å². The number of halogens is 2. The summed E-state index contributed by atoms with van der Waals surface area (Å²) in [4.78, 5) is 10.8. The molecular weight excluding hydrogens is 424 g/mol. The van der Waals surface area contributed by atoms with E-state index in [1.54, 1.807) is 0 Å². The number of benzene rings is 1. The number of allylic oxidation sites excluding steroid dienone is 4. The molecule has 1 aliphatic carbocycles. The van der Waals surface area contributed by atoms with Crippen molar-refractivity contribution in [1.29, 1.82) is 0 Å². The maximum absolute atomic E-state index is 10.8. The minimum atomic E-state index is -0.597. The topological polar surface area (TPSA) is 40.9 Å². The van der Waals surface area contributed by atoms with Gasteiger partial charge in [0.1, 0.15) is 0 Å². The molecule has 125 valence electrons. The molecule has 0 heterocycles. The first-order valence-corrected chi connectivity index (χ1v) is 9.04. The van der Waals surface area contributed by atoms with Crippen LogP contribution in [0.15, 0.2) is 35.9 Å². The van der Waals surface area contributed by atoms with Crippen LogP contribution in [-0.4, -0.2) is 15.4 Å². The molecule has 0 unspecified atom stereocenters. The van der Waals surface area contributed by atoms with Gasteiger partial charge in [0.05, 0.1) is 5.91 Å². The average Bonchev–Trinajstić information content (AvgIpc) is 2.81. The predicted octanol–water partition coefficient (Wildman–Crippen LogP) is -1.28. The number of hydrogen-bond donors (Lipinski definition) is 0. The largest absolute Gasteiger partial charge is 4.00 e. The number of hydrogen-bond acceptors (Lipinski definition) is 1. The summed E-state index contributed by atoms with van der Waals surface area (Å²) in [5.41, 5.74) is 10.6. The molecule has 0 bridgehead atoms. The monoisotopic (exact) mass is 446 g/mol. The van der Waals surface area contributed by atoms with E-state index in [0.29, 0.717) is 5.56 Å². The molecule has 0 fully saturated rings. The van der Waals surface area contributed by atoms with Gasteiger partial charge in [-0.3, -0.25) is 6.08 Å². The van der Waals surface area contributed by atoms with Gasteiger partial charge in [-0.15, -0.1) is 13.3 Å². The third-order valence-electron chi connectivity index (χ3n) is 2.58. The molecular formula is C17H24Cl2NOSiZr. The van der Waals surface area contributed by atoms with E-state index in [1.165, 1.54) is 5.57 Å². The van der Waals surface area contributed by atoms with Crippen LogP contribution < -0.4 is 24.8 Å². The molecule has 0 saturated heterocycles. The molecule has 0 aliphatic heterocycles. The van der Waals surface area contributed by atoms with Crippen molar-refractivity contribution in [3.05, 3.63) is 64.4 Å². The van der Waals surface area contributed by atoms with Gasteiger partial charge in [-0.1, -0.05) is 31.3 Å². The average molecular weight is 449 g/mol. The Morgan fingerprint density at radius 2 is 1.57 bits per heavy atom. The van der Waals surface area contributed by atoms with E-state index >= 15 is 0 Å². The molecule has 0 spiro atoms. The molecule has 2 rings (SSSR count). The van der Waals surface area contributed by atoms with Crippen molar-refractivity contribution in [2.75, 3.05) is 0 Å². The van der Waals surface area contributed by atoms with Crippen LogP contribution in [0.3, 0.4) is 0 Å². The Labute approximate surface area is 175 Å². The Bertz CT molecular complexity index is 482. The van der Waals surface area contributed by atoms with E-state index in [-0.39, 0.29) is 51.0 Å². The van der Waals surface area contributed by atoms with E-state index in [2.05, 4.69) is 32.2 Å². The van der Waals surface area contributed by atoms with Crippen molar-refractivity contribution in [3.8, 4) is 0 Å². The minimum absolute atomic E-state index is 0. The van der Waals surface area contributed by atoms with Crippen LogP contribution in [0.25, 0.3) is 5.73 Å². The third-order valence-corrected chi connectivity index (χ3v) is 2.58.